The van der Waals surface area contributed by atoms with Crippen LogP contribution >= 0.6 is 0 Å². The zero-order valence-electron chi connectivity index (χ0n) is 17.6. The van der Waals surface area contributed by atoms with Crippen molar-refractivity contribution in [1.29, 1.82) is 0 Å². The van der Waals surface area contributed by atoms with Gasteiger partial charge in [-0.2, -0.15) is 0 Å². The van der Waals surface area contributed by atoms with Crippen LogP contribution in [0.25, 0.3) is 0 Å². The van der Waals surface area contributed by atoms with Crippen LogP contribution in [0.3, 0.4) is 0 Å². The first-order valence-electron chi connectivity index (χ1n) is 9.80. The highest BCUT2D eigenvalue weighted by atomic mass is 16.6. The van der Waals surface area contributed by atoms with Gasteiger partial charge in [0.1, 0.15) is 16.8 Å². The first-order chi connectivity index (χ1) is 13.6. The topological polar surface area (TPSA) is 63.7 Å². The molecule has 2 aromatic rings. The maximum absolute atomic E-state index is 13.8. The van der Waals surface area contributed by atoms with E-state index in [0.717, 1.165) is 21.6 Å². The van der Waals surface area contributed by atoms with Crippen molar-refractivity contribution < 1.29 is 19.1 Å². The van der Waals surface area contributed by atoms with Gasteiger partial charge in [-0.25, -0.2) is 9.69 Å². The van der Waals surface area contributed by atoms with Gasteiger partial charge in [-0.05, 0) is 58.2 Å². The first-order valence-corrected chi connectivity index (χ1v) is 9.80. The van der Waals surface area contributed by atoms with E-state index in [1.54, 1.807) is 32.9 Å². The molecule has 0 aliphatic carbocycles. The molecule has 0 saturated heterocycles. The second-order valence-corrected chi connectivity index (χ2v) is 8.61. The van der Waals surface area contributed by atoms with Crippen LogP contribution in [-0.4, -0.2) is 23.4 Å². The van der Waals surface area contributed by atoms with Crippen LogP contribution in [0, 0.1) is 6.92 Å². The van der Waals surface area contributed by atoms with Gasteiger partial charge < -0.3 is 9.53 Å². The van der Waals surface area contributed by atoms with Crippen LogP contribution < -0.4 is 4.90 Å². The molecule has 1 heterocycles. The number of carbonyl (C=O) groups excluding carboxylic acids is 3. The molecule has 5 heteroatoms. The van der Waals surface area contributed by atoms with Crippen LogP contribution in [0.15, 0.2) is 48.5 Å². The SMILES string of the molecule is CC(=O)CC[C@@]1(c2ccc(C)cc2)C(=O)N(C(=O)OC(C)(C)C)c2ccccc21. The molecule has 2 amide bonds. The number of rotatable bonds is 4. The highest BCUT2D eigenvalue weighted by molar-refractivity contribution is 6.22. The van der Waals surface area contributed by atoms with Crippen LogP contribution in [0.4, 0.5) is 10.5 Å². The fourth-order valence-electron chi connectivity index (χ4n) is 3.80. The number of amides is 2. The predicted octanol–water partition coefficient (Wildman–Crippen LogP) is 4.93. The molecule has 152 valence electrons. The Morgan fingerprint density at radius 2 is 1.66 bits per heavy atom. The van der Waals surface area contributed by atoms with Gasteiger partial charge in [0.05, 0.1) is 5.69 Å². The minimum Gasteiger partial charge on any atom is -0.443 e. The lowest BCUT2D eigenvalue weighted by Gasteiger charge is -2.30. The lowest BCUT2D eigenvalue weighted by molar-refractivity contribution is -0.122. The van der Waals surface area contributed by atoms with Crippen molar-refractivity contribution >= 4 is 23.5 Å². The van der Waals surface area contributed by atoms with E-state index in [0.29, 0.717) is 12.1 Å². The standard InChI is InChI=1S/C24H27NO4/c1-16-10-12-18(13-11-16)24(15-14-17(2)26)19-8-6-7-9-20(19)25(21(24)27)22(28)29-23(3,4)5/h6-13H,14-15H2,1-5H3/t24-/m0/s1. The molecule has 0 aromatic heterocycles. The van der Waals surface area contributed by atoms with Gasteiger partial charge in [0.15, 0.2) is 0 Å². The summed E-state index contributed by atoms with van der Waals surface area (Å²) in [5, 5.41) is 0. The highest BCUT2D eigenvalue weighted by Gasteiger charge is 2.54. The maximum Gasteiger partial charge on any atom is 0.421 e. The Kier molecular flexibility index (Phi) is 5.35. The number of anilines is 1. The molecule has 3 rings (SSSR count). The minimum absolute atomic E-state index is 0.00233. The maximum atomic E-state index is 13.8. The van der Waals surface area contributed by atoms with Crippen LogP contribution in [0.1, 0.15) is 57.2 Å². The van der Waals surface area contributed by atoms with E-state index in [2.05, 4.69) is 0 Å². The number of imide groups is 1. The van der Waals surface area contributed by atoms with Gasteiger partial charge in [-0.3, -0.25) is 4.79 Å². The van der Waals surface area contributed by atoms with Crippen LogP contribution in [0.5, 0.6) is 0 Å². The van der Waals surface area contributed by atoms with Crippen molar-refractivity contribution in [2.24, 2.45) is 0 Å². The molecule has 0 N–H and O–H groups in total. The monoisotopic (exact) mass is 393 g/mol. The van der Waals surface area contributed by atoms with Crippen LogP contribution in [-0.2, 0) is 19.7 Å². The van der Waals surface area contributed by atoms with E-state index in [1.165, 1.54) is 6.92 Å². The van der Waals surface area contributed by atoms with E-state index < -0.39 is 17.1 Å². The summed E-state index contributed by atoms with van der Waals surface area (Å²) in [7, 11) is 0. The number of hydrogen-bond acceptors (Lipinski definition) is 4. The lowest BCUT2D eigenvalue weighted by atomic mass is 9.71. The molecular weight excluding hydrogens is 366 g/mol. The number of aryl methyl sites for hydroxylation is 1. The number of carbonyl (C=O) groups is 3. The molecule has 0 spiro atoms. The number of fused-ring (bicyclic) bond motifs is 1. The molecule has 0 unspecified atom stereocenters. The fraction of sp³-hybridized carbons (Fsp3) is 0.375. The summed E-state index contributed by atoms with van der Waals surface area (Å²) >= 11 is 0. The van der Waals surface area contributed by atoms with Gasteiger partial charge in [0, 0.05) is 6.42 Å². The van der Waals surface area contributed by atoms with Crippen LogP contribution in [0.2, 0.25) is 0 Å². The summed E-state index contributed by atoms with van der Waals surface area (Å²) in [4.78, 5) is 39.7. The van der Waals surface area contributed by atoms with Crippen molar-refractivity contribution in [3.05, 3.63) is 65.2 Å². The summed E-state index contributed by atoms with van der Waals surface area (Å²) in [6, 6.07) is 14.9. The molecule has 29 heavy (non-hydrogen) atoms. The first kappa shape index (κ1) is 20.8. The number of Topliss-reactive ketones (excluding diaryl/α,β-unsaturated/α-hetero) is 1. The normalized spacial score (nSPS) is 18.5. The van der Waals surface area contributed by atoms with Gasteiger partial charge in [0.25, 0.3) is 5.91 Å². The fourth-order valence-corrected chi connectivity index (χ4v) is 3.80. The predicted molar refractivity (Wildman–Crippen MR) is 112 cm³/mol. The van der Waals surface area contributed by atoms with Crippen molar-refractivity contribution in [3.8, 4) is 0 Å². The van der Waals surface area contributed by atoms with Gasteiger partial charge in [-0.1, -0.05) is 48.0 Å². The average molecular weight is 393 g/mol. The molecule has 0 radical (unpaired) electrons. The number of nitrogens with zero attached hydrogens (tertiary/aromatic N) is 1. The number of para-hydroxylation sites is 1. The van der Waals surface area contributed by atoms with Gasteiger partial charge >= 0.3 is 6.09 Å². The second kappa shape index (κ2) is 7.47. The molecule has 1 aliphatic heterocycles. The van der Waals surface area contributed by atoms with Gasteiger partial charge in [0.2, 0.25) is 0 Å². The Labute approximate surface area is 171 Å². The van der Waals surface area contributed by atoms with Crippen molar-refractivity contribution in [2.45, 2.75) is 58.5 Å². The molecule has 1 atom stereocenters. The third kappa shape index (κ3) is 3.82. The quantitative estimate of drug-likeness (QED) is 0.739. The summed E-state index contributed by atoms with van der Waals surface area (Å²) in [5.41, 5.74) is 1.23. The zero-order chi connectivity index (χ0) is 21.4. The smallest absolute Gasteiger partial charge is 0.421 e. The Bertz CT molecular complexity index is 956. The molecule has 0 fully saturated rings. The molecule has 0 saturated carbocycles. The van der Waals surface area contributed by atoms with E-state index in [4.69, 9.17) is 4.74 Å². The number of ether oxygens (including phenoxy) is 1. The third-order valence-electron chi connectivity index (χ3n) is 5.15. The highest BCUT2D eigenvalue weighted by Crippen LogP contribution is 2.49. The Hall–Kier alpha value is -2.95. The minimum atomic E-state index is -1.10. The number of ketones is 1. The summed E-state index contributed by atoms with van der Waals surface area (Å²) in [6.07, 6.45) is -0.178. The summed E-state index contributed by atoms with van der Waals surface area (Å²) in [6.45, 7) is 8.78. The third-order valence-corrected chi connectivity index (χ3v) is 5.15. The molecule has 0 bridgehead atoms. The van der Waals surface area contributed by atoms with E-state index in [-0.39, 0.29) is 18.1 Å². The Morgan fingerprint density at radius 1 is 1.03 bits per heavy atom. The Morgan fingerprint density at radius 3 is 2.24 bits per heavy atom. The van der Waals surface area contributed by atoms with E-state index in [1.807, 2.05) is 43.3 Å². The summed E-state index contributed by atoms with van der Waals surface area (Å²) in [5.74, 6) is -0.379. The number of benzene rings is 2. The molecule has 1 aliphatic rings. The zero-order valence-corrected chi connectivity index (χ0v) is 17.6. The average Bonchev–Trinajstić information content (AvgIpc) is 2.88. The van der Waals surface area contributed by atoms with Crippen molar-refractivity contribution in [3.63, 3.8) is 0 Å². The Balaban J connectivity index is 2.20. The van der Waals surface area contributed by atoms with Crippen molar-refractivity contribution in [1.82, 2.24) is 0 Å². The van der Waals surface area contributed by atoms with E-state index in [9.17, 15) is 14.4 Å². The lowest BCUT2D eigenvalue weighted by Crippen LogP contribution is -2.46. The molecular formula is C24H27NO4. The second-order valence-electron chi connectivity index (χ2n) is 8.61. The van der Waals surface area contributed by atoms with E-state index >= 15 is 0 Å². The van der Waals surface area contributed by atoms with Crippen molar-refractivity contribution in [2.75, 3.05) is 4.90 Å². The largest absolute Gasteiger partial charge is 0.443 e. The van der Waals surface area contributed by atoms with Gasteiger partial charge in [-0.15, -0.1) is 0 Å². The summed E-state index contributed by atoms with van der Waals surface area (Å²) < 4.78 is 5.52. The molecule has 2 aromatic carbocycles. The molecule has 5 nitrogen and oxygen atoms in total. The number of hydrogen-bond donors (Lipinski definition) is 0.